The fourth-order valence-corrected chi connectivity index (χ4v) is 4.15. The van der Waals surface area contributed by atoms with Crippen LogP contribution in [0.2, 0.25) is 0 Å². The van der Waals surface area contributed by atoms with E-state index in [1.165, 1.54) is 0 Å². The fourth-order valence-electron chi connectivity index (χ4n) is 4.15. The van der Waals surface area contributed by atoms with Crippen LogP contribution in [-0.2, 0) is 0 Å². The smallest absolute Gasteiger partial charge is 0.180 e. The fraction of sp³-hybridized carbons (Fsp3) is 0.0714. The number of nitrogens with zero attached hydrogens (tertiary/aromatic N) is 6. The summed E-state index contributed by atoms with van der Waals surface area (Å²) >= 11 is 0. The number of hydrogen-bond acceptors (Lipinski definition) is 8. The summed E-state index contributed by atoms with van der Waals surface area (Å²) in [5.74, 6) is 1.33. The Balaban J connectivity index is 1.25. The Bertz CT molecular complexity index is 1810. The molecule has 0 fully saturated rings. The minimum atomic E-state index is 0.586. The van der Waals surface area contributed by atoms with Crippen molar-refractivity contribution < 1.29 is 0 Å². The number of fused-ring (bicyclic) bond motifs is 2. The van der Waals surface area contributed by atoms with Gasteiger partial charge >= 0.3 is 0 Å². The average Bonchev–Trinajstić information content (AvgIpc) is 3.32. The van der Waals surface area contributed by atoms with E-state index in [2.05, 4.69) is 46.6 Å². The molecule has 1 aromatic carbocycles. The van der Waals surface area contributed by atoms with Crippen LogP contribution in [0.4, 0.5) is 22.9 Å². The summed E-state index contributed by atoms with van der Waals surface area (Å²) in [6, 6.07) is 21.2. The molecule has 0 aliphatic carbocycles. The summed E-state index contributed by atoms with van der Waals surface area (Å²) in [6.07, 6.45) is 3.51. The minimum absolute atomic E-state index is 0.586. The molecule has 37 heavy (non-hydrogen) atoms. The predicted octanol–water partition coefficient (Wildman–Crippen LogP) is 5.94. The maximum atomic E-state index is 9.30. The van der Waals surface area contributed by atoms with Gasteiger partial charge in [0, 0.05) is 34.3 Å². The molecule has 6 aromatic rings. The van der Waals surface area contributed by atoms with Gasteiger partial charge < -0.3 is 15.6 Å². The van der Waals surface area contributed by atoms with Crippen molar-refractivity contribution in [3.63, 3.8) is 0 Å². The van der Waals surface area contributed by atoms with Crippen molar-refractivity contribution in [3.8, 4) is 17.6 Å². The molecule has 9 heteroatoms. The van der Waals surface area contributed by atoms with E-state index in [0.717, 1.165) is 44.9 Å². The molecule has 0 atom stereocenters. The summed E-state index contributed by atoms with van der Waals surface area (Å²) in [5, 5.41) is 16.9. The summed E-state index contributed by atoms with van der Waals surface area (Å²) in [6.45, 7) is 3.89. The molecule has 0 saturated heterocycles. The highest BCUT2D eigenvalue weighted by Crippen LogP contribution is 2.28. The lowest BCUT2D eigenvalue weighted by atomic mass is 10.1. The SMILES string of the molecule is Cc1cc(Nc2ccc3[nH]c(-c4ccc(Nc5cc(C)nc6ccc(C#N)cc56)cn4)nc3n2)ccn1. The largest absolute Gasteiger partial charge is 0.354 e. The lowest BCUT2D eigenvalue weighted by Crippen LogP contribution is -1.96. The number of benzene rings is 1. The molecule has 6 rings (SSSR count). The van der Waals surface area contributed by atoms with Gasteiger partial charge in [0.25, 0.3) is 0 Å². The maximum Gasteiger partial charge on any atom is 0.180 e. The van der Waals surface area contributed by atoms with Gasteiger partial charge in [0.05, 0.1) is 34.6 Å². The van der Waals surface area contributed by atoms with Crippen LogP contribution in [0.3, 0.4) is 0 Å². The lowest BCUT2D eigenvalue weighted by molar-refractivity contribution is 1.20. The van der Waals surface area contributed by atoms with Crippen molar-refractivity contribution in [3.05, 3.63) is 90.0 Å². The standard InChI is InChI=1S/C28H21N9/c1-16-11-19(9-10-30-16)34-26-8-7-24-28(36-26)37-27(35-24)23-6-4-20(15-31-23)33-25-12-17(2)32-22-5-3-18(14-29)13-21(22)25/h3-13,15H,1-2H3,(H,32,33)(H2,30,34,35,36,37). The predicted molar refractivity (Wildman–Crippen MR) is 144 cm³/mol. The molecule has 3 N–H and O–H groups in total. The molecule has 0 radical (unpaired) electrons. The summed E-state index contributed by atoms with van der Waals surface area (Å²) in [7, 11) is 0. The monoisotopic (exact) mass is 483 g/mol. The zero-order chi connectivity index (χ0) is 25.4. The lowest BCUT2D eigenvalue weighted by Gasteiger charge is -2.11. The average molecular weight is 484 g/mol. The Morgan fingerprint density at radius 1 is 0.811 bits per heavy atom. The first-order chi connectivity index (χ1) is 18.0. The second-order valence-corrected chi connectivity index (χ2v) is 8.68. The molecule has 0 unspecified atom stereocenters. The summed E-state index contributed by atoms with van der Waals surface area (Å²) in [4.78, 5) is 26.0. The van der Waals surface area contributed by atoms with Crippen LogP contribution in [0.1, 0.15) is 17.0 Å². The first-order valence-corrected chi connectivity index (χ1v) is 11.7. The van der Waals surface area contributed by atoms with Gasteiger partial charge in [-0.05, 0) is 74.5 Å². The Morgan fingerprint density at radius 2 is 1.73 bits per heavy atom. The van der Waals surface area contributed by atoms with Gasteiger partial charge in [-0.15, -0.1) is 0 Å². The van der Waals surface area contributed by atoms with E-state index in [1.807, 2.05) is 68.4 Å². The number of H-pyrrole nitrogens is 1. The molecule has 178 valence electrons. The summed E-state index contributed by atoms with van der Waals surface area (Å²) in [5.41, 5.74) is 7.94. The van der Waals surface area contributed by atoms with Gasteiger partial charge in [0.15, 0.2) is 11.5 Å². The Hall–Kier alpha value is -5.36. The van der Waals surface area contributed by atoms with Gasteiger partial charge in [-0.25, -0.2) is 9.97 Å². The molecule has 0 spiro atoms. The van der Waals surface area contributed by atoms with Crippen molar-refractivity contribution in [2.45, 2.75) is 13.8 Å². The van der Waals surface area contributed by atoms with Gasteiger partial charge in [0.1, 0.15) is 11.5 Å². The van der Waals surface area contributed by atoms with Gasteiger partial charge in [-0.2, -0.15) is 5.26 Å². The minimum Gasteiger partial charge on any atom is -0.354 e. The van der Waals surface area contributed by atoms with Gasteiger partial charge in [-0.3, -0.25) is 15.0 Å². The number of aromatic amines is 1. The molecule has 9 nitrogen and oxygen atoms in total. The van der Waals surface area contributed by atoms with Crippen molar-refractivity contribution in [2.75, 3.05) is 10.6 Å². The topological polar surface area (TPSA) is 128 Å². The quantitative estimate of drug-likeness (QED) is 0.275. The number of hydrogen-bond donors (Lipinski definition) is 3. The number of rotatable bonds is 5. The molecule has 5 aromatic heterocycles. The van der Waals surface area contributed by atoms with Crippen LogP contribution in [0.5, 0.6) is 0 Å². The van der Waals surface area contributed by atoms with E-state index in [1.54, 1.807) is 18.5 Å². The van der Waals surface area contributed by atoms with Crippen LogP contribution in [0.25, 0.3) is 33.6 Å². The van der Waals surface area contributed by atoms with Crippen molar-refractivity contribution in [1.29, 1.82) is 5.26 Å². The van der Waals surface area contributed by atoms with Crippen LogP contribution in [0, 0.1) is 25.2 Å². The van der Waals surface area contributed by atoms with Crippen LogP contribution in [-0.4, -0.2) is 29.9 Å². The van der Waals surface area contributed by atoms with Gasteiger partial charge in [0.2, 0.25) is 0 Å². The number of imidazole rings is 1. The summed E-state index contributed by atoms with van der Waals surface area (Å²) < 4.78 is 0. The molecule has 5 heterocycles. The van der Waals surface area contributed by atoms with Crippen molar-refractivity contribution in [2.24, 2.45) is 0 Å². The first kappa shape index (κ1) is 22.1. The highest BCUT2D eigenvalue weighted by Gasteiger charge is 2.10. The van der Waals surface area contributed by atoms with Crippen LogP contribution >= 0.6 is 0 Å². The Labute approximate surface area is 212 Å². The number of nitrogens with one attached hydrogen (secondary N) is 3. The molecule has 0 aliphatic heterocycles. The van der Waals surface area contributed by atoms with Crippen LogP contribution in [0.15, 0.2) is 73.1 Å². The van der Waals surface area contributed by atoms with Gasteiger partial charge in [-0.1, -0.05) is 0 Å². The second-order valence-electron chi connectivity index (χ2n) is 8.68. The third-order valence-corrected chi connectivity index (χ3v) is 5.87. The third kappa shape index (κ3) is 4.51. The zero-order valence-corrected chi connectivity index (χ0v) is 20.1. The second kappa shape index (κ2) is 9.02. The number of aryl methyl sites for hydroxylation is 2. The zero-order valence-electron chi connectivity index (χ0n) is 20.1. The highest BCUT2D eigenvalue weighted by molar-refractivity contribution is 5.94. The number of pyridine rings is 4. The van der Waals surface area contributed by atoms with E-state index >= 15 is 0 Å². The highest BCUT2D eigenvalue weighted by atomic mass is 15.1. The van der Waals surface area contributed by atoms with E-state index in [9.17, 15) is 5.26 Å². The van der Waals surface area contributed by atoms with Crippen LogP contribution < -0.4 is 10.6 Å². The first-order valence-electron chi connectivity index (χ1n) is 11.7. The van der Waals surface area contributed by atoms with E-state index in [0.29, 0.717) is 28.5 Å². The molecule has 0 aliphatic rings. The molecular formula is C28H21N9. The molecule has 0 bridgehead atoms. The van der Waals surface area contributed by atoms with Crippen molar-refractivity contribution in [1.82, 2.24) is 29.9 Å². The Kier molecular flexibility index (Phi) is 5.39. The molecule has 0 saturated carbocycles. The maximum absolute atomic E-state index is 9.30. The third-order valence-electron chi connectivity index (χ3n) is 5.87. The molecular weight excluding hydrogens is 462 g/mol. The number of nitriles is 1. The Morgan fingerprint density at radius 3 is 2.54 bits per heavy atom. The van der Waals surface area contributed by atoms with E-state index < -0.39 is 0 Å². The number of anilines is 4. The normalized spacial score (nSPS) is 10.9. The van der Waals surface area contributed by atoms with Crippen molar-refractivity contribution >= 4 is 44.9 Å². The van der Waals surface area contributed by atoms with E-state index in [4.69, 9.17) is 0 Å². The van der Waals surface area contributed by atoms with E-state index in [-0.39, 0.29) is 0 Å². The number of aromatic nitrogens is 6. The molecule has 0 amide bonds.